The maximum Gasteiger partial charge on any atom is 0.123 e. The maximum atomic E-state index is 13.7. The van der Waals surface area contributed by atoms with E-state index in [-0.39, 0.29) is 23.1 Å². The molecule has 206 valence electrons. The minimum Gasteiger partial charge on any atom is -0.508 e. The Morgan fingerprint density at radius 3 is 2.10 bits per heavy atom. The highest BCUT2D eigenvalue weighted by atomic mass is 19.1. The van der Waals surface area contributed by atoms with E-state index in [9.17, 15) is 13.9 Å². The molecule has 3 aliphatic rings. The van der Waals surface area contributed by atoms with Gasteiger partial charge in [0, 0.05) is 37.6 Å². The van der Waals surface area contributed by atoms with Crippen LogP contribution in [0.2, 0.25) is 0 Å². The van der Waals surface area contributed by atoms with Crippen molar-refractivity contribution in [3.63, 3.8) is 0 Å². The first-order chi connectivity index (χ1) is 18.8. The maximum absolute atomic E-state index is 13.7. The molecule has 0 saturated carbocycles. The lowest BCUT2D eigenvalue weighted by molar-refractivity contribution is 0.0246. The molecule has 0 aromatic heterocycles. The van der Waals surface area contributed by atoms with Gasteiger partial charge in [-0.3, -0.25) is 4.90 Å². The summed E-state index contributed by atoms with van der Waals surface area (Å²) in [6.45, 7) is 8.24. The van der Waals surface area contributed by atoms with E-state index in [0.717, 1.165) is 69.7 Å². The molecule has 2 bridgehead atoms. The van der Waals surface area contributed by atoms with Crippen LogP contribution in [0.25, 0.3) is 0 Å². The van der Waals surface area contributed by atoms with E-state index >= 15 is 0 Å². The van der Waals surface area contributed by atoms with Gasteiger partial charge in [0.1, 0.15) is 17.4 Å². The number of nitrogens with zero attached hydrogens (tertiary/aromatic N) is 3. The lowest BCUT2D eigenvalue weighted by atomic mass is 9.56. The molecule has 0 amide bonds. The minimum atomic E-state index is -0.247. The van der Waals surface area contributed by atoms with E-state index in [2.05, 4.69) is 34.7 Å². The van der Waals surface area contributed by atoms with E-state index in [1.807, 2.05) is 36.4 Å². The van der Waals surface area contributed by atoms with Crippen LogP contribution in [0, 0.1) is 17.6 Å². The monoisotopic (exact) mass is 531 g/mol. The van der Waals surface area contributed by atoms with Crippen LogP contribution in [0.5, 0.6) is 5.75 Å². The molecular weight excluding hydrogens is 492 g/mol. The molecule has 2 aliphatic heterocycles. The normalized spacial score (nSPS) is 26.1. The summed E-state index contributed by atoms with van der Waals surface area (Å²) < 4.78 is 27.4. The van der Waals surface area contributed by atoms with Gasteiger partial charge < -0.3 is 14.9 Å². The first kappa shape index (κ1) is 26.4. The van der Waals surface area contributed by atoms with Crippen LogP contribution in [0.4, 0.5) is 8.78 Å². The summed E-state index contributed by atoms with van der Waals surface area (Å²) in [6, 6.07) is 20.0. The molecule has 3 aromatic carbocycles. The van der Waals surface area contributed by atoms with E-state index in [1.165, 1.54) is 35.4 Å². The Labute approximate surface area is 230 Å². The minimum absolute atomic E-state index is 0.0326. The Balaban J connectivity index is 1.18. The van der Waals surface area contributed by atoms with Crippen molar-refractivity contribution in [2.24, 2.45) is 5.92 Å². The molecular formula is C33H39F2N3O. The van der Waals surface area contributed by atoms with E-state index < -0.39 is 0 Å². The quantitative estimate of drug-likeness (QED) is 0.449. The smallest absolute Gasteiger partial charge is 0.123 e. The standard InChI is InChI=1S/C33H39F2N3O/c1-23-31-21-26-7-12-29(39)22-30(26)33(23,13-15-36(31)2)14-16-37-17-19-38(20-18-37)32(24-3-8-27(34)9-4-24)25-5-10-28(35)11-6-25/h3-12,22-23,31-32,39H,13-21H2,1-2H3/t23-,31+,33+/m0/s1. The highest BCUT2D eigenvalue weighted by Crippen LogP contribution is 2.51. The topological polar surface area (TPSA) is 30.0 Å². The van der Waals surface area contributed by atoms with Crippen LogP contribution in [-0.4, -0.2) is 72.2 Å². The van der Waals surface area contributed by atoms with E-state index in [1.54, 1.807) is 0 Å². The van der Waals surface area contributed by atoms with Gasteiger partial charge in [0.15, 0.2) is 0 Å². The fourth-order valence-corrected chi connectivity index (χ4v) is 7.66. The molecule has 2 fully saturated rings. The summed E-state index contributed by atoms with van der Waals surface area (Å²) in [4.78, 5) is 7.55. The summed E-state index contributed by atoms with van der Waals surface area (Å²) >= 11 is 0. The number of aromatic hydroxyl groups is 1. The van der Waals surface area contributed by atoms with Crippen molar-refractivity contribution in [1.82, 2.24) is 14.7 Å². The highest BCUT2D eigenvalue weighted by Gasteiger charge is 2.50. The number of piperidine rings is 1. The van der Waals surface area contributed by atoms with Gasteiger partial charge in [0.25, 0.3) is 0 Å². The summed E-state index contributed by atoms with van der Waals surface area (Å²) in [5.41, 5.74) is 4.91. The number of likely N-dealkylation sites (N-methyl/N-ethyl adjacent to an activating group) is 1. The number of rotatable bonds is 6. The van der Waals surface area contributed by atoms with Gasteiger partial charge in [0.05, 0.1) is 6.04 Å². The molecule has 1 N–H and O–H groups in total. The van der Waals surface area contributed by atoms with Crippen LogP contribution in [0.15, 0.2) is 66.7 Å². The zero-order valence-electron chi connectivity index (χ0n) is 23.0. The molecule has 4 nitrogen and oxygen atoms in total. The number of likely N-dealkylation sites (tertiary alicyclic amines) is 1. The van der Waals surface area contributed by atoms with Crippen LogP contribution in [-0.2, 0) is 11.8 Å². The molecule has 1 aliphatic carbocycles. The third-order valence-electron chi connectivity index (χ3n) is 10.0. The van der Waals surface area contributed by atoms with Crippen LogP contribution in [0.3, 0.4) is 0 Å². The number of piperazine rings is 1. The molecule has 6 heteroatoms. The Hall–Kier alpha value is -2.80. The fraction of sp³-hybridized carbons (Fsp3) is 0.455. The molecule has 6 rings (SSSR count). The van der Waals surface area contributed by atoms with Gasteiger partial charge in [-0.25, -0.2) is 8.78 Å². The van der Waals surface area contributed by atoms with Gasteiger partial charge in [-0.2, -0.15) is 0 Å². The lowest BCUT2D eigenvalue weighted by Crippen LogP contribution is -2.59. The Kier molecular flexibility index (Phi) is 7.21. The van der Waals surface area contributed by atoms with Gasteiger partial charge in [0.2, 0.25) is 0 Å². The van der Waals surface area contributed by atoms with Crippen molar-refractivity contribution in [2.45, 2.75) is 43.7 Å². The van der Waals surface area contributed by atoms with Crippen molar-refractivity contribution in [3.05, 3.63) is 101 Å². The summed E-state index contributed by atoms with van der Waals surface area (Å²) in [5, 5.41) is 10.4. The second-order valence-corrected chi connectivity index (χ2v) is 11.9. The summed E-state index contributed by atoms with van der Waals surface area (Å²) in [6.07, 6.45) is 3.27. The molecule has 3 atom stereocenters. The molecule has 39 heavy (non-hydrogen) atoms. The SMILES string of the molecule is C[C@H]1[C@H]2Cc3ccc(O)cc3[C@@]1(CCN1CCN(C(c3ccc(F)cc3)c3ccc(F)cc3)CC1)CCN2C. The van der Waals surface area contributed by atoms with Crippen molar-refractivity contribution >= 4 is 0 Å². The average molecular weight is 532 g/mol. The number of benzene rings is 3. The molecule has 2 saturated heterocycles. The van der Waals surface area contributed by atoms with Crippen molar-refractivity contribution in [1.29, 1.82) is 0 Å². The van der Waals surface area contributed by atoms with Crippen LogP contribution < -0.4 is 0 Å². The fourth-order valence-electron chi connectivity index (χ4n) is 7.66. The third kappa shape index (κ3) is 4.99. The number of phenols is 1. The molecule has 0 unspecified atom stereocenters. The first-order valence-electron chi connectivity index (χ1n) is 14.3. The van der Waals surface area contributed by atoms with E-state index in [4.69, 9.17) is 0 Å². The number of halogens is 2. The largest absolute Gasteiger partial charge is 0.508 e. The van der Waals surface area contributed by atoms with E-state index in [0.29, 0.717) is 17.7 Å². The predicted octanol–water partition coefficient (Wildman–Crippen LogP) is 5.60. The second kappa shape index (κ2) is 10.6. The Bertz CT molecular complexity index is 1240. The van der Waals surface area contributed by atoms with Gasteiger partial charge in [-0.15, -0.1) is 0 Å². The van der Waals surface area contributed by atoms with Crippen LogP contribution >= 0.6 is 0 Å². The number of fused-ring (bicyclic) bond motifs is 4. The molecule has 0 spiro atoms. The molecule has 3 aromatic rings. The number of phenolic OH excluding ortho intramolecular Hbond substituents is 1. The second-order valence-electron chi connectivity index (χ2n) is 11.9. The zero-order valence-corrected chi connectivity index (χ0v) is 23.0. The Morgan fingerprint density at radius 2 is 1.49 bits per heavy atom. The zero-order chi connectivity index (χ0) is 27.1. The Morgan fingerprint density at radius 1 is 0.872 bits per heavy atom. The average Bonchev–Trinajstić information content (AvgIpc) is 2.94. The van der Waals surface area contributed by atoms with Gasteiger partial charge in [-0.05, 0) is 104 Å². The van der Waals surface area contributed by atoms with Gasteiger partial charge in [-0.1, -0.05) is 37.3 Å². The summed E-state index contributed by atoms with van der Waals surface area (Å²) in [7, 11) is 2.26. The number of hydrogen-bond acceptors (Lipinski definition) is 4. The lowest BCUT2D eigenvalue weighted by Gasteiger charge is -2.56. The van der Waals surface area contributed by atoms with Crippen molar-refractivity contribution in [3.8, 4) is 5.75 Å². The van der Waals surface area contributed by atoms with Crippen molar-refractivity contribution in [2.75, 3.05) is 46.3 Å². The summed E-state index contributed by atoms with van der Waals surface area (Å²) in [5.74, 6) is 0.416. The third-order valence-corrected chi connectivity index (χ3v) is 10.0. The number of hydrogen-bond donors (Lipinski definition) is 1. The first-order valence-corrected chi connectivity index (χ1v) is 14.3. The van der Waals surface area contributed by atoms with Crippen LogP contribution in [0.1, 0.15) is 48.1 Å². The predicted molar refractivity (Wildman–Crippen MR) is 151 cm³/mol. The highest BCUT2D eigenvalue weighted by molar-refractivity contribution is 5.44. The molecule has 0 radical (unpaired) electrons. The van der Waals surface area contributed by atoms with Gasteiger partial charge >= 0.3 is 0 Å². The van der Waals surface area contributed by atoms with Crippen molar-refractivity contribution < 1.29 is 13.9 Å². The molecule has 2 heterocycles.